The molecule has 0 heterocycles. The molecule has 2 rings (SSSR count). The van der Waals surface area contributed by atoms with E-state index in [9.17, 15) is 4.79 Å². The molecule has 0 bridgehead atoms. The first kappa shape index (κ1) is 17.1. The molecule has 23 heavy (non-hydrogen) atoms. The van der Waals surface area contributed by atoms with Crippen LogP contribution in [0.25, 0.3) is 0 Å². The molecule has 0 unspecified atom stereocenters. The highest BCUT2D eigenvalue weighted by atomic mass is 35.5. The number of hydrogen-bond donors (Lipinski definition) is 1. The first-order chi connectivity index (χ1) is 11.0. The van der Waals surface area contributed by atoms with Gasteiger partial charge in [0.2, 0.25) is 0 Å². The van der Waals surface area contributed by atoms with Crippen LogP contribution in [-0.2, 0) is 0 Å². The number of ether oxygens (including phenoxy) is 2. The van der Waals surface area contributed by atoms with E-state index in [1.807, 2.05) is 0 Å². The molecular formula is C16H14Cl2N2O3. The zero-order valence-corrected chi connectivity index (χ0v) is 14.0. The van der Waals surface area contributed by atoms with E-state index in [2.05, 4.69) is 10.5 Å². The summed E-state index contributed by atoms with van der Waals surface area (Å²) in [6.45, 7) is 0. The molecule has 0 atom stereocenters. The van der Waals surface area contributed by atoms with Gasteiger partial charge < -0.3 is 9.47 Å². The Kier molecular flexibility index (Phi) is 5.84. The van der Waals surface area contributed by atoms with Crippen LogP contribution in [0.15, 0.2) is 41.5 Å². The number of hydrogen-bond acceptors (Lipinski definition) is 4. The standard InChI is InChI=1S/C16H14Cl2N2O3/c1-22-12-5-3-10(15(8-12)23-2)9-19-20-16(21)13-6-4-11(17)7-14(13)18/h3-9H,1-2H3,(H,20,21). The second-order valence-electron chi connectivity index (χ2n) is 4.43. The maximum absolute atomic E-state index is 12.0. The Morgan fingerprint density at radius 3 is 2.57 bits per heavy atom. The van der Waals surface area contributed by atoms with Crippen LogP contribution in [0.5, 0.6) is 11.5 Å². The van der Waals surface area contributed by atoms with Crippen LogP contribution in [0, 0.1) is 0 Å². The molecule has 1 amide bonds. The SMILES string of the molecule is COc1ccc(C=NNC(=O)c2ccc(Cl)cc2Cl)c(OC)c1. The van der Waals surface area contributed by atoms with Gasteiger partial charge >= 0.3 is 0 Å². The van der Waals surface area contributed by atoms with Crippen molar-refractivity contribution in [3.05, 3.63) is 57.6 Å². The maximum Gasteiger partial charge on any atom is 0.272 e. The minimum absolute atomic E-state index is 0.257. The van der Waals surface area contributed by atoms with Crippen molar-refractivity contribution in [2.75, 3.05) is 14.2 Å². The molecular weight excluding hydrogens is 339 g/mol. The summed E-state index contributed by atoms with van der Waals surface area (Å²) in [6.07, 6.45) is 1.47. The Bertz CT molecular complexity index is 748. The van der Waals surface area contributed by atoms with Crippen molar-refractivity contribution in [3.63, 3.8) is 0 Å². The Morgan fingerprint density at radius 2 is 1.91 bits per heavy atom. The Balaban J connectivity index is 2.11. The summed E-state index contributed by atoms with van der Waals surface area (Å²) in [5.74, 6) is 0.804. The van der Waals surface area contributed by atoms with Crippen LogP contribution in [-0.4, -0.2) is 26.3 Å². The Hall–Kier alpha value is -2.24. The summed E-state index contributed by atoms with van der Waals surface area (Å²) in [5.41, 5.74) is 3.38. The molecule has 2 aromatic rings. The lowest BCUT2D eigenvalue weighted by molar-refractivity contribution is 0.0955. The first-order valence-corrected chi connectivity index (χ1v) is 7.31. The third kappa shape index (κ3) is 4.37. The molecule has 0 saturated heterocycles. The highest BCUT2D eigenvalue weighted by Crippen LogP contribution is 2.23. The molecule has 0 saturated carbocycles. The molecule has 1 N–H and O–H groups in total. The number of nitrogens with zero attached hydrogens (tertiary/aromatic N) is 1. The third-order valence-electron chi connectivity index (χ3n) is 2.99. The predicted molar refractivity (Wildman–Crippen MR) is 91.1 cm³/mol. The third-order valence-corrected chi connectivity index (χ3v) is 3.53. The van der Waals surface area contributed by atoms with E-state index >= 15 is 0 Å². The fraction of sp³-hybridized carbons (Fsp3) is 0.125. The number of carbonyl (C=O) groups excluding carboxylic acids is 1. The molecule has 0 aliphatic carbocycles. The van der Waals surface area contributed by atoms with Gasteiger partial charge in [-0.2, -0.15) is 5.10 Å². The van der Waals surface area contributed by atoms with Crippen molar-refractivity contribution >= 4 is 35.3 Å². The molecule has 0 aromatic heterocycles. The lowest BCUT2D eigenvalue weighted by Crippen LogP contribution is -2.18. The molecule has 0 radical (unpaired) electrons. The van der Waals surface area contributed by atoms with E-state index in [0.29, 0.717) is 22.1 Å². The minimum atomic E-state index is -0.435. The summed E-state index contributed by atoms with van der Waals surface area (Å²) < 4.78 is 10.4. The quantitative estimate of drug-likeness (QED) is 0.658. The summed E-state index contributed by atoms with van der Waals surface area (Å²) in [4.78, 5) is 12.0. The first-order valence-electron chi connectivity index (χ1n) is 6.55. The van der Waals surface area contributed by atoms with Gasteiger partial charge in [0.25, 0.3) is 5.91 Å². The van der Waals surface area contributed by atoms with Gasteiger partial charge in [0.15, 0.2) is 0 Å². The minimum Gasteiger partial charge on any atom is -0.497 e. The van der Waals surface area contributed by atoms with Crippen LogP contribution in [0.2, 0.25) is 10.0 Å². The average molecular weight is 353 g/mol. The number of nitrogens with one attached hydrogen (secondary N) is 1. The fourth-order valence-corrected chi connectivity index (χ4v) is 2.31. The van der Waals surface area contributed by atoms with Crippen LogP contribution in [0.4, 0.5) is 0 Å². The van der Waals surface area contributed by atoms with Crippen LogP contribution in [0.1, 0.15) is 15.9 Å². The van der Waals surface area contributed by atoms with Crippen molar-refractivity contribution in [2.45, 2.75) is 0 Å². The normalized spacial score (nSPS) is 10.6. The topological polar surface area (TPSA) is 59.9 Å². The zero-order valence-electron chi connectivity index (χ0n) is 12.5. The lowest BCUT2D eigenvalue weighted by Gasteiger charge is -2.07. The number of carbonyl (C=O) groups is 1. The van der Waals surface area contributed by atoms with Gasteiger partial charge in [-0.05, 0) is 30.3 Å². The highest BCUT2D eigenvalue weighted by Gasteiger charge is 2.10. The zero-order chi connectivity index (χ0) is 16.8. The number of rotatable bonds is 5. The largest absolute Gasteiger partial charge is 0.497 e. The molecule has 0 spiro atoms. The summed E-state index contributed by atoms with van der Waals surface area (Å²) >= 11 is 11.8. The molecule has 120 valence electrons. The van der Waals surface area contributed by atoms with Gasteiger partial charge in [-0.3, -0.25) is 4.79 Å². The van der Waals surface area contributed by atoms with E-state index < -0.39 is 5.91 Å². The molecule has 5 nitrogen and oxygen atoms in total. The van der Waals surface area contributed by atoms with E-state index in [4.69, 9.17) is 32.7 Å². The van der Waals surface area contributed by atoms with Gasteiger partial charge in [0, 0.05) is 16.7 Å². The number of benzene rings is 2. The fourth-order valence-electron chi connectivity index (χ4n) is 1.82. The highest BCUT2D eigenvalue weighted by molar-refractivity contribution is 6.36. The molecule has 0 aliphatic heterocycles. The number of halogens is 2. The summed E-state index contributed by atoms with van der Waals surface area (Å²) in [7, 11) is 3.11. The van der Waals surface area contributed by atoms with E-state index in [0.717, 1.165) is 0 Å². The van der Waals surface area contributed by atoms with Gasteiger partial charge in [0.05, 0.1) is 31.0 Å². The van der Waals surface area contributed by atoms with Crippen LogP contribution >= 0.6 is 23.2 Å². The van der Waals surface area contributed by atoms with Gasteiger partial charge in [-0.25, -0.2) is 5.43 Å². The second-order valence-corrected chi connectivity index (χ2v) is 5.27. The van der Waals surface area contributed by atoms with Gasteiger partial charge in [-0.15, -0.1) is 0 Å². The predicted octanol–water partition coefficient (Wildman–Crippen LogP) is 3.77. The molecule has 0 fully saturated rings. The monoisotopic (exact) mass is 352 g/mol. The van der Waals surface area contributed by atoms with Crippen LogP contribution < -0.4 is 14.9 Å². The van der Waals surface area contributed by atoms with E-state index in [1.165, 1.54) is 25.5 Å². The molecule has 0 aliphatic rings. The van der Waals surface area contributed by atoms with E-state index in [-0.39, 0.29) is 10.6 Å². The Morgan fingerprint density at radius 1 is 1.13 bits per heavy atom. The summed E-state index contributed by atoms with van der Waals surface area (Å²) in [6, 6.07) is 9.86. The maximum atomic E-state index is 12.0. The summed E-state index contributed by atoms with van der Waals surface area (Å²) in [5, 5.41) is 4.62. The number of amides is 1. The van der Waals surface area contributed by atoms with Crippen molar-refractivity contribution in [2.24, 2.45) is 5.10 Å². The van der Waals surface area contributed by atoms with Gasteiger partial charge in [0.1, 0.15) is 11.5 Å². The van der Waals surface area contributed by atoms with Crippen LogP contribution in [0.3, 0.4) is 0 Å². The number of methoxy groups -OCH3 is 2. The molecule has 2 aromatic carbocycles. The van der Waals surface area contributed by atoms with E-state index in [1.54, 1.807) is 31.4 Å². The molecule has 7 heteroatoms. The smallest absolute Gasteiger partial charge is 0.272 e. The van der Waals surface area contributed by atoms with Crippen molar-refractivity contribution in [1.29, 1.82) is 0 Å². The lowest BCUT2D eigenvalue weighted by atomic mass is 10.2. The number of hydrazone groups is 1. The second kappa shape index (κ2) is 7.85. The Labute approximate surface area is 143 Å². The van der Waals surface area contributed by atoms with Crippen molar-refractivity contribution in [1.82, 2.24) is 5.43 Å². The van der Waals surface area contributed by atoms with Crippen molar-refractivity contribution < 1.29 is 14.3 Å². The average Bonchev–Trinajstić information content (AvgIpc) is 2.54. The van der Waals surface area contributed by atoms with Gasteiger partial charge in [-0.1, -0.05) is 23.2 Å². The van der Waals surface area contributed by atoms with Crippen molar-refractivity contribution in [3.8, 4) is 11.5 Å².